The van der Waals surface area contributed by atoms with Crippen molar-refractivity contribution in [1.29, 1.82) is 0 Å². The molecule has 0 aliphatic carbocycles. The highest BCUT2D eigenvalue weighted by atomic mass is 32.1. The van der Waals surface area contributed by atoms with Gasteiger partial charge in [-0.2, -0.15) is 0 Å². The summed E-state index contributed by atoms with van der Waals surface area (Å²) in [4.78, 5) is 2.52. The number of hydrogen-bond acceptors (Lipinski definition) is 4. The molecular formula is C48H35B2NO2S. The van der Waals surface area contributed by atoms with E-state index in [1.807, 2.05) is 11.3 Å². The van der Waals surface area contributed by atoms with Crippen molar-refractivity contribution in [2.75, 3.05) is 4.90 Å². The van der Waals surface area contributed by atoms with Gasteiger partial charge in [0, 0.05) is 42.8 Å². The van der Waals surface area contributed by atoms with Gasteiger partial charge in [-0.15, -0.1) is 11.3 Å². The normalized spacial score (nSPS) is 14.1. The molecule has 3 nitrogen and oxygen atoms in total. The molecule has 5 heterocycles. The van der Waals surface area contributed by atoms with E-state index in [4.69, 9.17) is 9.47 Å². The van der Waals surface area contributed by atoms with Gasteiger partial charge in [0.05, 0.1) is 5.56 Å². The first-order valence-corrected chi connectivity index (χ1v) is 20.0. The molecule has 12 rings (SSSR count). The first kappa shape index (κ1) is 30.7. The lowest BCUT2D eigenvalue weighted by Gasteiger charge is -2.47. The predicted molar refractivity (Wildman–Crippen MR) is 230 cm³/mol. The van der Waals surface area contributed by atoms with Crippen molar-refractivity contribution in [2.45, 2.75) is 39.5 Å². The second kappa shape index (κ2) is 10.9. The molecule has 4 aliphatic heterocycles. The number of benzene rings is 7. The molecule has 0 spiro atoms. The largest absolute Gasteiger partial charge is 0.458 e. The van der Waals surface area contributed by atoms with E-state index < -0.39 is 0 Å². The molecule has 54 heavy (non-hydrogen) atoms. The second-order valence-electron chi connectivity index (χ2n) is 15.9. The number of fused-ring (bicyclic) bond motifs is 13. The Hall–Kier alpha value is -5.71. The lowest BCUT2D eigenvalue weighted by atomic mass is 9.29. The molecule has 4 aliphatic rings. The Morgan fingerprint density at radius 2 is 1.07 bits per heavy atom. The van der Waals surface area contributed by atoms with Crippen LogP contribution in [-0.2, 0) is 0 Å². The zero-order chi connectivity index (χ0) is 36.0. The number of rotatable bonds is 3. The minimum atomic E-state index is -0.00583. The predicted octanol–water partition coefficient (Wildman–Crippen LogP) is 9.31. The Bertz CT molecular complexity index is 2810. The third-order valence-corrected chi connectivity index (χ3v) is 13.6. The maximum atomic E-state index is 7.45. The van der Waals surface area contributed by atoms with Crippen molar-refractivity contribution in [3.05, 3.63) is 139 Å². The first-order chi connectivity index (χ1) is 26.5. The molecule has 6 heteroatoms. The molecule has 0 saturated heterocycles. The van der Waals surface area contributed by atoms with Gasteiger partial charge in [-0.3, -0.25) is 0 Å². The van der Waals surface area contributed by atoms with Crippen LogP contribution >= 0.6 is 11.3 Å². The van der Waals surface area contributed by atoms with Crippen LogP contribution in [0.1, 0.15) is 50.7 Å². The fourth-order valence-electron chi connectivity index (χ4n) is 9.80. The third kappa shape index (κ3) is 3.94. The quantitative estimate of drug-likeness (QED) is 0.171. The van der Waals surface area contributed by atoms with Crippen LogP contribution in [0.4, 0.5) is 17.1 Å². The average molecular weight is 712 g/mol. The first-order valence-electron chi connectivity index (χ1n) is 19.2. The van der Waals surface area contributed by atoms with E-state index in [2.05, 4.69) is 160 Å². The maximum Gasteiger partial charge on any atom is 0.256 e. The van der Waals surface area contributed by atoms with Gasteiger partial charge in [-0.05, 0) is 86.1 Å². The van der Waals surface area contributed by atoms with E-state index in [1.165, 1.54) is 81.1 Å². The van der Waals surface area contributed by atoms with E-state index in [0.717, 1.165) is 34.1 Å². The van der Waals surface area contributed by atoms with Crippen LogP contribution in [-0.4, -0.2) is 13.4 Å². The van der Waals surface area contributed by atoms with E-state index in [0.29, 0.717) is 11.8 Å². The van der Waals surface area contributed by atoms with Crippen LogP contribution < -0.4 is 47.2 Å². The van der Waals surface area contributed by atoms with Crippen LogP contribution in [0, 0.1) is 0 Å². The van der Waals surface area contributed by atoms with E-state index in [-0.39, 0.29) is 13.4 Å². The van der Waals surface area contributed by atoms with E-state index in [9.17, 15) is 0 Å². The molecule has 8 aromatic rings. The minimum absolute atomic E-state index is 0.00583. The van der Waals surface area contributed by atoms with Crippen LogP contribution in [0.15, 0.2) is 127 Å². The van der Waals surface area contributed by atoms with Gasteiger partial charge in [0.15, 0.2) is 0 Å². The highest BCUT2D eigenvalue weighted by molar-refractivity contribution is 7.26. The molecule has 0 bridgehead atoms. The van der Waals surface area contributed by atoms with Gasteiger partial charge in [0.2, 0.25) is 0 Å². The fraction of sp³-hybridized carbons (Fsp3) is 0.125. The number of para-hydroxylation sites is 2. The summed E-state index contributed by atoms with van der Waals surface area (Å²) >= 11 is 1.86. The molecule has 0 saturated carbocycles. The molecule has 256 valence electrons. The van der Waals surface area contributed by atoms with Crippen LogP contribution in [0.25, 0.3) is 31.3 Å². The Kier molecular flexibility index (Phi) is 6.22. The number of anilines is 3. The smallest absolute Gasteiger partial charge is 0.256 e. The zero-order valence-corrected chi connectivity index (χ0v) is 31.4. The molecule has 0 atom stereocenters. The summed E-state index contributed by atoms with van der Waals surface area (Å²) in [5.41, 5.74) is 15.9. The van der Waals surface area contributed by atoms with Gasteiger partial charge in [-0.25, -0.2) is 0 Å². The molecule has 7 aromatic carbocycles. The fourth-order valence-corrected chi connectivity index (χ4v) is 11.0. The Morgan fingerprint density at radius 3 is 1.67 bits per heavy atom. The van der Waals surface area contributed by atoms with Crippen molar-refractivity contribution in [2.24, 2.45) is 0 Å². The molecular weight excluding hydrogens is 676 g/mol. The van der Waals surface area contributed by atoms with Gasteiger partial charge < -0.3 is 14.4 Å². The summed E-state index contributed by atoms with van der Waals surface area (Å²) < 4.78 is 17.4. The highest BCUT2D eigenvalue weighted by Gasteiger charge is 2.52. The number of hydrogen-bond donors (Lipinski definition) is 0. The lowest BCUT2D eigenvalue weighted by molar-refractivity contribution is 0.468. The van der Waals surface area contributed by atoms with Crippen molar-refractivity contribution < 1.29 is 9.47 Å². The Labute approximate surface area is 320 Å². The minimum Gasteiger partial charge on any atom is -0.458 e. The third-order valence-electron chi connectivity index (χ3n) is 12.4. The summed E-state index contributed by atoms with van der Waals surface area (Å²) in [6.45, 7) is 9.02. The van der Waals surface area contributed by atoms with Gasteiger partial charge in [0.25, 0.3) is 13.4 Å². The summed E-state index contributed by atoms with van der Waals surface area (Å²) in [5.74, 6) is 4.44. The molecule has 0 N–H and O–H groups in total. The highest BCUT2D eigenvalue weighted by Crippen LogP contribution is 2.53. The molecule has 0 amide bonds. The maximum absolute atomic E-state index is 7.45. The van der Waals surface area contributed by atoms with Crippen molar-refractivity contribution in [3.8, 4) is 34.1 Å². The number of ether oxygens (including phenoxy) is 2. The topological polar surface area (TPSA) is 21.7 Å². The van der Waals surface area contributed by atoms with Crippen LogP contribution in [0.2, 0.25) is 0 Å². The summed E-state index contributed by atoms with van der Waals surface area (Å²) in [5, 5.41) is 2.55. The van der Waals surface area contributed by atoms with Gasteiger partial charge in [-0.1, -0.05) is 125 Å². The zero-order valence-electron chi connectivity index (χ0n) is 30.6. The van der Waals surface area contributed by atoms with Gasteiger partial charge >= 0.3 is 0 Å². The van der Waals surface area contributed by atoms with E-state index in [1.54, 1.807) is 0 Å². The monoisotopic (exact) mass is 711 g/mol. The molecule has 0 radical (unpaired) electrons. The molecule has 0 fully saturated rings. The second-order valence-corrected chi connectivity index (χ2v) is 17.0. The summed E-state index contributed by atoms with van der Waals surface area (Å²) in [6.07, 6.45) is 0. The standard InChI is InChI=1S/C48H35B2NO2S/c1-26(2)28-20-22-35-39(24-28)52-46-42(32-14-11-13-31-30-12-5-10-19-41(30)54-48(31)32)47-44-45-43(46)49(35)33-15-6-8-17-37(33)51(45)38-18-9-7-16-34(38)50(44)36-23-21-29(27(3)4)25-40(36)53-47/h5-27H,1-4H3. The summed E-state index contributed by atoms with van der Waals surface area (Å²) in [6, 6.07) is 47.4. The molecule has 1 aromatic heterocycles. The average Bonchev–Trinajstić information content (AvgIpc) is 3.59. The van der Waals surface area contributed by atoms with Crippen molar-refractivity contribution in [3.63, 3.8) is 0 Å². The Balaban J connectivity index is 1.28. The number of thiophene rings is 1. The van der Waals surface area contributed by atoms with Gasteiger partial charge in [0.1, 0.15) is 23.0 Å². The molecule has 0 unspecified atom stereocenters. The van der Waals surface area contributed by atoms with Crippen molar-refractivity contribution >= 4 is 94.8 Å². The van der Waals surface area contributed by atoms with Crippen LogP contribution in [0.3, 0.4) is 0 Å². The van der Waals surface area contributed by atoms with Crippen molar-refractivity contribution in [1.82, 2.24) is 0 Å². The Morgan fingerprint density at radius 1 is 0.537 bits per heavy atom. The van der Waals surface area contributed by atoms with Crippen LogP contribution in [0.5, 0.6) is 23.0 Å². The number of nitrogens with zero attached hydrogens (tertiary/aromatic N) is 1. The lowest BCUT2D eigenvalue weighted by Crippen LogP contribution is -2.67. The summed E-state index contributed by atoms with van der Waals surface area (Å²) in [7, 11) is 0. The van der Waals surface area contributed by atoms with E-state index >= 15 is 0 Å². The SMILES string of the molecule is CC(C)c1ccc2c(c1)Oc1c3c4c5c(c1-c1cccc6c1sc1ccccc16)Oc1cc(C(C)C)ccc1B5c1ccccc1N4c1ccccc1B23.